The number of Topliss-reactive ketones (excluding diaryl/α,β-unsaturated/α-hetero) is 1. The fourth-order valence-corrected chi connectivity index (χ4v) is 2.00. The molecule has 0 saturated heterocycles. The molecule has 0 fully saturated rings. The summed E-state index contributed by atoms with van der Waals surface area (Å²) in [4.78, 5) is 43.0. The molecule has 0 unspecified atom stereocenters. The Morgan fingerprint density at radius 2 is 1.18 bits per heavy atom. The number of carboxylic acid groups (broad SMARTS) is 1. The summed E-state index contributed by atoms with van der Waals surface area (Å²) in [6, 6.07) is -1.17. The molecule has 3 heterocycles. The van der Waals surface area contributed by atoms with Crippen molar-refractivity contribution in [2.75, 3.05) is 0 Å². The average molecular weight is 470 g/mol. The van der Waals surface area contributed by atoms with Crippen molar-refractivity contribution in [3.63, 3.8) is 0 Å². The predicted octanol–water partition coefficient (Wildman–Crippen LogP) is -1.95. The predicted molar refractivity (Wildman–Crippen MR) is 114 cm³/mol. The minimum Gasteiger partial charge on any atom is -0.870 e. The molecule has 0 aliphatic carbocycles. The van der Waals surface area contributed by atoms with E-state index in [1.165, 1.54) is 22.0 Å². The molecule has 0 aromatic carbocycles. The van der Waals surface area contributed by atoms with Gasteiger partial charge in [-0.1, -0.05) is 6.92 Å². The van der Waals surface area contributed by atoms with Gasteiger partial charge in [0.2, 0.25) is 0 Å². The van der Waals surface area contributed by atoms with E-state index in [9.17, 15) is 14.4 Å². The Morgan fingerprint density at radius 3 is 1.44 bits per heavy atom. The fraction of sp³-hybridized carbons (Fsp3) is 0.526. The van der Waals surface area contributed by atoms with Crippen LogP contribution in [0.3, 0.4) is 0 Å². The van der Waals surface area contributed by atoms with Gasteiger partial charge in [0.25, 0.3) is 0 Å². The smallest absolute Gasteiger partial charge is 0.870 e. The van der Waals surface area contributed by atoms with Crippen molar-refractivity contribution in [3.8, 4) is 0 Å². The van der Waals surface area contributed by atoms with Crippen LogP contribution in [0.2, 0.25) is 0 Å². The Bertz CT molecular complexity index is 977. The Morgan fingerprint density at radius 1 is 0.824 bits per heavy atom. The number of hydrogen-bond donors (Lipinski definition) is 1. The van der Waals surface area contributed by atoms with Crippen molar-refractivity contribution in [1.29, 1.82) is 0 Å². The molecule has 0 radical (unpaired) electrons. The Labute approximate surface area is 209 Å². The standard InChI is InChI=1S/C7H11N3O.C6H9N3O2.C6H8N3O.Li.H2O/c1-5(6(2)11)10-4-8-7(3)9-10;1-4(6(10)11)9-3-7-5(2)8-9;1-5(3-10)9-4-7-6(2)8-9;;/h4-5H,1-3H3;3-4H,1-2H3,(H,10,11);4-5H,1-2H3;;1H2/q;;-1;+1;/p-1/t5-;4-;5-;;/m000../s1. The molecule has 34 heavy (non-hydrogen) atoms. The first kappa shape index (κ1) is 33.0. The molecule has 0 spiro atoms. The second kappa shape index (κ2) is 15.6. The molecule has 15 heteroatoms. The zero-order valence-electron chi connectivity index (χ0n) is 20.6. The van der Waals surface area contributed by atoms with Crippen molar-refractivity contribution in [1.82, 2.24) is 44.3 Å². The molecule has 182 valence electrons. The zero-order valence-corrected chi connectivity index (χ0v) is 20.6. The number of ketones is 1. The summed E-state index contributed by atoms with van der Waals surface area (Å²) < 4.78 is 4.36. The number of carbonyl (C=O) groups is 2. The average Bonchev–Trinajstić information content (AvgIpc) is 3.48. The van der Waals surface area contributed by atoms with Crippen LogP contribution in [0.15, 0.2) is 19.0 Å². The summed E-state index contributed by atoms with van der Waals surface area (Å²) in [7, 11) is 0. The molecule has 14 nitrogen and oxygen atoms in total. The van der Waals surface area contributed by atoms with Gasteiger partial charge in [0.15, 0.2) is 5.78 Å². The summed E-state index contributed by atoms with van der Waals surface area (Å²) in [5.74, 6) is 1.13. The summed E-state index contributed by atoms with van der Waals surface area (Å²) in [5, 5.41) is 20.4. The maximum absolute atomic E-state index is 10.9. The minimum atomic E-state index is -0.907. The van der Waals surface area contributed by atoms with Crippen LogP contribution < -0.4 is 18.9 Å². The van der Waals surface area contributed by atoms with E-state index in [0.29, 0.717) is 17.5 Å². The van der Waals surface area contributed by atoms with Gasteiger partial charge in [-0.25, -0.2) is 35.4 Å². The van der Waals surface area contributed by atoms with Gasteiger partial charge in [-0.2, -0.15) is 15.3 Å². The van der Waals surface area contributed by atoms with E-state index in [0.717, 1.165) is 0 Å². The SMILES string of the molecule is CC(=O)[C@H](C)n1cnc(C)n1.Cc1ncn([C@@H](C)C(=O)O)n1.Cc1ncn([C@@H](C)[C-]=O)n1.[Li+].[OH-]. The summed E-state index contributed by atoms with van der Waals surface area (Å²) in [5.41, 5.74) is 0. The molecule has 0 aliphatic rings. The third-order valence-electron chi connectivity index (χ3n) is 4.18. The van der Waals surface area contributed by atoms with Gasteiger partial charge in [0, 0.05) is 0 Å². The number of aromatic nitrogens is 9. The van der Waals surface area contributed by atoms with Crippen LogP contribution >= 0.6 is 0 Å². The topological polar surface area (TPSA) is 194 Å². The summed E-state index contributed by atoms with van der Waals surface area (Å²) in [6.07, 6.45) is 6.31. The van der Waals surface area contributed by atoms with Crippen LogP contribution in [0.4, 0.5) is 0 Å². The van der Waals surface area contributed by atoms with Crippen molar-refractivity contribution in [3.05, 3.63) is 36.5 Å². The molecule has 3 aromatic heterocycles. The van der Waals surface area contributed by atoms with E-state index < -0.39 is 12.0 Å². The van der Waals surface area contributed by atoms with Gasteiger partial charge in [-0.3, -0.25) is 9.48 Å². The molecule has 3 aromatic rings. The van der Waals surface area contributed by atoms with E-state index in [4.69, 9.17) is 5.11 Å². The third-order valence-corrected chi connectivity index (χ3v) is 4.18. The van der Waals surface area contributed by atoms with Crippen LogP contribution in [-0.2, 0) is 14.4 Å². The van der Waals surface area contributed by atoms with Gasteiger partial charge in [0.1, 0.15) is 48.5 Å². The van der Waals surface area contributed by atoms with Gasteiger partial charge in [-0.05, 0) is 47.6 Å². The fourth-order valence-electron chi connectivity index (χ4n) is 2.00. The van der Waals surface area contributed by atoms with Gasteiger partial charge in [0.05, 0.1) is 0 Å². The third kappa shape index (κ3) is 10.6. The summed E-state index contributed by atoms with van der Waals surface area (Å²) in [6.45, 7) is 11.9. The van der Waals surface area contributed by atoms with Crippen molar-refractivity contribution in [2.24, 2.45) is 0 Å². The molecule has 0 amide bonds. The normalized spacial score (nSPS) is 12.2. The Kier molecular flexibility index (Phi) is 15.1. The Hall–Kier alpha value is -3.21. The van der Waals surface area contributed by atoms with Crippen molar-refractivity contribution >= 4 is 18.0 Å². The van der Waals surface area contributed by atoms with Crippen LogP contribution in [0.1, 0.15) is 63.3 Å². The van der Waals surface area contributed by atoms with Crippen LogP contribution in [0.25, 0.3) is 0 Å². The Balaban J connectivity index is 0. The van der Waals surface area contributed by atoms with Crippen LogP contribution in [0.5, 0.6) is 0 Å². The van der Waals surface area contributed by atoms with Crippen molar-refractivity contribution in [2.45, 2.75) is 66.6 Å². The molecular weight excluding hydrogens is 441 g/mol. The number of carboxylic acids is 1. The molecule has 3 atom stereocenters. The summed E-state index contributed by atoms with van der Waals surface area (Å²) >= 11 is 0. The van der Waals surface area contributed by atoms with E-state index >= 15 is 0 Å². The van der Waals surface area contributed by atoms with Gasteiger partial charge < -0.3 is 15.4 Å². The van der Waals surface area contributed by atoms with E-state index in [1.807, 2.05) is 0 Å². The molecule has 0 bridgehead atoms. The first-order chi connectivity index (χ1) is 15.0. The first-order valence-corrected chi connectivity index (χ1v) is 9.70. The number of hydrogen-bond acceptors (Lipinski definition) is 10. The zero-order chi connectivity index (χ0) is 24.4. The molecule has 3 rings (SSSR count). The monoisotopic (exact) mass is 470 g/mol. The quantitative estimate of drug-likeness (QED) is 0.311. The minimum absolute atomic E-state index is 0. The van der Waals surface area contributed by atoms with E-state index in [-0.39, 0.29) is 42.2 Å². The maximum atomic E-state index is 10.9. The number of rotatable bonds is 6. The first-order valence-electron chi connectivity index (χ1n) is 9.70. The second-order valence-electron chi connectivity index (χ2n) is 6.91. The van der Waals surface area contributed by atoms with E-state index in [2.05, 4.69) is 30.2 Å². The van der Waals surface area contributed by atoms with Gasteiger partial charge >= 0.3 is 24.8 Å². The van der Waals surface area contributed by atoms with Crippen LogP contribution in [0, 0.1) is 20.8 Å². The van der Waals surface area contributed by atoms with E-state index in [1.54, 1.807) is 65.8 Å². The number of aliphatic carboxylic acids is 1. The maximum Gasteiger partial charge on any atom is 1.00 e. The second-order valence-corrected chi connectivity index (χ2v) is 6.91. The molecular formula is C19H29LiN9O5-. The largest absolute Gasteiger partial charge is 1.00 e. The van der Waals surface area contributed by atoms with Gasteiger partial charge in [-0.15, -0.1) is 0 Å². The number of aryl methyl sites for hydroxylation is 3. The van der Waals surface area contributed by atoms with Crippen LogP contribution in [-0.4, -0.2) is 72.9 Å². The number of nitrogens with zero attached hydrogens (tertiary/aromatic N) is 9. The van der Waals surface area contributed by atoms with Crippen molar-refractivity contribution < 1.29 is 43.8 Å². The number of carbonyl (C=O) groups excluding carboxylic acids is 2. The molecule has 2 N–H and O–H groups in total. The molecule has 0 saturated carbocycles. The molecule has 0 aliphatic heterocycles.